The minimum atomic E-state index is 0.186. The van der Waals surface area contributed by atoms with Crippen molar-refractivity contribution in [3.8, 4) is 0 Å². The fraction of sp³-hybridized carbons (Fsp3) is 0.500. The van der Waals surface area contributed by atoms with Crippen LogP contribution in [0.25, 0.3) is 0 Å². The van der Waals surface area contributed by atoms with Gasteiger partial charge in [-0.15, -0.1) is 0 Å². The fourth-order valence-corrected chi connectivity index (χ4v) is 2.89. The van der Waals surface area contributed by atoms with Crippen molar-refractivity contribution < 1.29 is 4.79 Å². The second kappa shape index (κ2) is 5.89. The first-order valence-corrected chi connectivity index (χ1v) is 6.77. The van der Waals surface area contributed by atoms with E-state index in [9.17, 15) is 4.79 Å². The second-order valence-electron chi connectivity index (χ2n) is 3.93. The molecule has 0 atom stereocenters. The summed E-state index contributed by atoms with van der Waals surface area (Å²) in [4.78, 5) is 16.0. The van der Waals surface area contributed by atoms with Gasteiger partial charge in [-0.1, -0.05) is 6.07 Å². The Bertz CT molecular complexity index is 336. The molecule has 2 rings (SSSR count). The van der Waals surface area contributed by atoms with E-state index in [1.807, 2.05) is 30.0 Å². The predicted octanol–water partition coefficient (Wildman–Crippen LogP) is 1.84. The van der Waals surface area contributed by atoms with Crippen LogP contribution < -0.4 is 5.32 Å². The van der Waals surface area contributed by atoms with Crippen LogP contribution in [0.1, 0.15) is 18.5 Å². The number of amides is 1. The number of pyridine rings is 1. The molecule has 1 aromatic heterocycles. The molecule has 3 nitrogen and oxygen atoms in total. The van der Waals surface area contributed by atoms with Crippen molar-refractivity contribution in [2.24, 2.45) is 5.92 Å². The molecule has 0 aliphatic carbocycles. The van der Waals surface area contributed by atoms with Gasteiger partial charge in [0.05, 0.1) is 12.2 Å². The van der Waals surface area contributed by atoms with Gasteiger partial charge in [0.25, 0.3) is 0 Å². The van der Waals surface area contributed by atoms with Crippen LogP contribution in [0, 0.1) is 5.92 Å². The van der Waals surface area contributed by atoms with E-state index in [-0.39, 0.29) is 11.8 Å². The van der Waals surface area contributed by atoms with Crippen molar-refractivity contribution >= 4 is 17.7 Å². The van der Waals surface area contributed by atoms with Crippen molar-refractivity contribution in [1.29, 1.82) is 0 Å². The van der Waals surface area contributed by atoms with Crippen LogP contribution in [0.5, 0.6) is 0 Å². The van der Waals surface area contributed by atoms with Crippen LogP contribution in [0.4, 0.5) is 0 Å². The Kier molecular flexibility index (Phi) is 4.22. The SMILES string of the molecule is O=C(NCc1ccccn1)C1CCSCC1. The van der Waals surface area contributed by atoms with Crippen LogP contribution >= 0.6 is 11.8 Å². The van der Waals surface area contributed by atoms with Gasteiger partial charge < -0.3 is 5.32 Å². The smallest absolute Gasteiger partial charge is 0.223 e. The van der Waals surface area contributed by atoms with Crippen molar-refractivity contribution in [2.75, 3.05) is 11.5 Å². The summed E-state index contributed by atoms with van der Waals surface area (Å²) in [6.07, 6.45) is 3.77. The lowest BCUT2D eigenvalue weighted by atomic mass is 10.0. The number of hydrogen-bond acceptors (Lipinski definition) is 3. The third-order valence-electron chi connectivity index (χ3n) is 2.76. The lowest BCUT2D eigenvalue weighted by Gasteiger charge is -2.20. The number of nitrogens with one attached hydrogen (secondary N) is 1. The molecule has 0 radical (unpaired) electrons. The molecular weight excluding hydrogens is 220 g/mol. The normalized spacial score (nSPS) is 17.0. The molecule has 2 heterocycles. The predicted molar refractivity (Wildman–Crippen MR) is 66.1 cm³/mol. The summed E-state index contributed by atoms with van der Waals surface area (Å²) in [5.74, 6) is 2.62. The molecule has 1 aromatic rings. The number of hydrogen-bond donors (Lipinski definition) is 1. The first kappa shape index (κ1) is 11.5. The molecule has 86 valence electrons. The van der Waals surface area contributed by atoms with E-state index in [0.717, 1.165) is 30.0 Å². The van der Waals surface area contributed by atoms with Crippen LogP contribution in [0.3, 0.4) is 0 Å². The number of carbonyl (C=O) groups excluding carboxylic acids is 1. The van der Waals surface area contributed by atoms with Gasteiger partial charge in [0, 0.05) is 12.1 Å². The van der Waals surface area contributed by atoms with Gasteiger partial charge in [-0.05, 0) is 36.5 Å². The Morgan fingerprint density at radius 3 is 2.94 bits per heavy atom. The molecule has 1 fully saturated rings. The minimum Gasteiger partial charge on any atom is -0.350 e. The van der Waals surface area contributed by atoms with E-state index in [4.69, 9.17) is 0 Å². The molecule has 1 N–H and O–H groups in total. The highest BCUT2D eigenvalue weighted by Crippen LogP contribution is 2.22. The summed E-state index contributed by atoms with van der Waals surface area (Å²) < 4.78 is 0. The summed E-state index contributed by atoms with van der Waals surface area (Å²) in [6.45, 7) is 0.545. The highest BCUT2D eigenvalue weighted by molar-refractivity contribution is 7.99. The molecule has 0 spiro atoms. The molecular formula is C12H16N2OS. The first-order valence-electron chi connectivity index (χ1n) is 5.61. The molecule has 1 aliphatic heterocycles. The van der Waals surface area contributed by atoms with Crippen LogP contribution in [0.15, 0.2) is 24.4 Å². The molecule has 4 heteroatoms. The number of thioether (sulfide) groups is 1. The summed E-state index contributed by atoms with van der Waals surface area (Å²) in [7, 11) is 0. The zero-order chi connectivity index (χ0) is 11.2. The highest BCUT2D eigenvalue weighted by Gasteiger charge is 2.20. The molecule has 1 amide bonds. The van der Waals surface area contributed by atoms with Crippen molar-refractivity contribution in [3.63, 3.8) is 0 Å². The van der Waals surface area contributed by atoms with Gasteiger partial charge in [0.2, 0.25) is 5.91 Å². The maximum Gasteiger partial charge on any atom is 0.223 e. The van der Waals surface area contributed by atoms with Gasteiger partial charge in [-0.2, -0.15) is 11.8 Å². The summed E-state index contributed by atoms with van der Waals surface area (Å²) >= 11 is 1.94. The second-order valence-corrected chi connectivity index (χ2v) is 5.15. The van der Waals surface area contributed by atoms with E-state index in [1.54, 1.807) is 6.20 Å². The fourth-order valence-electron chi connectivity index (χ4n) is 1.78. The van der Waals surface area contributed by atoms with Gasteiger partial charge in [0.1, 0.15) is 0 Å². The van der Waals surface area contributed by atoms with Crippen LogP contribution in [-0.4, -0.2) is 22.4 Å². The average molecular weight is 236 g/mol. The molecule has 1 saturated heterocycles. The molecule has 0 bridgehead atoms. The van der Waals surface area contributed by atoms with E-state index in [0.29, 0.717) is 6.54 Å². The lowest BCUT2D eigenvalue weighted by molar-refractivity contribution is -0.125. The van der Waals surface area contributed by atoms with Gasteiger partial charge in [-0.3, -0.25) is 9.78 Å². The van der Waals surface area contributed by atoms with E-state index in [1.165, 1.54) is 0 Å². The number of carbonyl (C=O) groups is 1. The maximum absolute atomic E-state index is 11.8. The Hall–Kier alpha value is -1.03. The Morgan fingerprint density at radius 1 is 1.44 bits per heavy atom. The standard InChI is InChI=1S/C12H16N2OS/c15-12(10-4-7-16-8-5-10)14-9-11-3-1-2-6-13-11/h1-3,6,10H,4-5,7-9H2,(H,14,15). The van der Waals surface area contributed by atoms with Gasteiger partial charge in [-0.25, -0.2) is 0 Å². The molecule has 0 unspecified atom stereocenters. The van der Waals surface area contributed by atoms with Crippen molar-refractivity contribution in [3.05, 3.63) is 30.1 Å². The zero-order valence-electron chi connectivity index (χ0n) is 9.19. The number of rotatable bonds is 3. The summed E-state index contributed by atoms with van der Waals surface area (Å²) in [6, 6.07) is 5.74. The summed E-state index contributed by atoms with van der Waals surface area (Å²) in [5, 5.41) is 2.96. The highest BCUT2D eigenvalue weighted by atomic mass is 32.2. The topological polar surface area (TPSA) is 42.0 Å². The Labute approximate surface area is 100 Å². The number of nitrogens with zero attached hydrogens (tertiary/aromatic N) is 1. The molecule has 0 aromatic carbocycles. The lowest BCUT2D eigenvalue weighted by Crippen LogP contribution is -2.32. The molecule has 16 heavy (non-hydrogen) atoms. The third kappa shape index (κ3) is 3.23. The van der Waals surface area contributed by atoms with Crippen LogP contribution in [0.2, 0.25) is 0 Å². The minimum absolute atomic E-state index is 0.186. The number of aromatic nitrogens is 1. The Balaban J connectivity index is 1.79. The largest absolute Gasteiger partial charge is 0.350 e. The molecule has 0 saturated carbocycles. The molecule has 1 aliphatic rings. The van der Waals surface area contributed by atoms with Gasteiger partial charge in [0.15, 0.2) is 0 Å². The third-order valence-corrected chi connectivity index (χ3v) is 3.81. The maximum atomic E-state index is 11.8. The zero-order valence-corrected chi connectivity index (χ0v) is 10.0. The van der Waals surface area contributed by atoms with Gasteiger partial charge >= 0.3 is 0 Å². The van der Waals surface area contributed by atoms with E-state index >= 15 is 0 Å². The van der Waals surface area contributed by atoms with Crippen molar-refractivity contribution in [2.45, 2.75) is 19.4 Å². The van der Waals surface area contributed by atoms with E-state index in [2.05, 4.69) is 10.3 Å². The monoisotopic (exact) mass is 236 g/mol. The van der Waals surface area contributed by atoms with Crippen LogP contribution in [-0.2, 0) is 11.3 Å². The quantitative estimate of drug-likeness (QED) is 0.870. The van der Waals surface area contributed by atoms with E-state index < -0.39 is 0 Å². The van der Waals surface area contributed by atoms with Crippen molar-refractivity contribution in [1.82, 2.24) is 10.3 Å². The average Bonchev–Trinajstić information content (AvgIpc) is 2.38. The first-order chi connectivity index (χ1) is 7.86. The summed E-state index contributed by atoms with van der Waals surface area (Å²) in [5.41, 5.74) is 0.918. The Morgan fingerprint density at radius 2 is 2.25 bits per heavy atom.